The van der Waals surface area contributed by atoms with Crippen LogP contribution in [0.2, 0.25) is 0 Å². The lowest BCUT2D eigenvalue weighted by Gasteiger charge is -2.08. The first-order valence-electron chi connectivity index (χ1n) is 7.13. The molecule has 5 rings (SSSR count). The number of carbonyl (C=O) groups excluding carboxylic acids is 1. The average Bonchev–Trinajstić information content (AvgIpc) is 2.97. The molecule has 2 atom stereocenters. The van der Waals surface area contributed by atoms with Crippen LogP contribution in [0.1, 0.15) is 23.5 Å². The molecule has 102 valence electrons. The van der Waals surface area contributed by atoms with Crippen LogP contribution in [0.4, 0.5) is 5.69 Å². The Hall–Kier alpha value is -2.62. The largest absolute Gasteiger partial charge is 0.325 e. The Kier molecular flexibility index (Phi) is 1.86. The third-order valence-corrected chi connectivity index (χ3v) is 4.89. The molecule has 4 nitrogen and oxygen atoms in total. The predicted octanol–water partition coefficient (Wildman–Crippen LogP) is 2.94. The minimum atomic E-state index is -0.357. The van der Waals surface area contributed by atoms with Crippen LogP contribution in [0.3, 0.4) is 0 Å². The SMILES string of the molecule is O=C1Nc2ccccc2C12C[C@H]2c1ccc2cn[nH]c2c1. The van der Waals surface area contributed by atoms with Gasteiger partial charge in [0.15, 0.2) is 0 Å². The number of nitrogens with zero attached hydrogens (tertiary/aromatic N) is 1. The molecule has 1 saturated carbocycles. The Labute approximate surface area is 121 Å². The molecule has 1 aromatic heterocycles. The quantitative estimate of drug-likeness (QED) is 0.717. The van der Waals surface area contributed by atoms with Crippen molar-refractivity contribution in [3.05, 3.63) is 59.8 Å². The van der Waals surface area contributed by atoms with E-state index in [9.17, 15) is 4.79 Å². The predicted molar refractivity (Wildman–Crippen MR) is 80.2 cm³/mol. The van der Waals surface area contributed by atoms with Crippen molar-refractivity contribution in [2.45, 2.75) is 17.8 Å². The van der Waals surface area contributed by atoms with Gasteiger partial charge in [0.2, 0.25) is 5.91 Å². The van der Waals surface area contributed by atoms with Gasteiger partial charge in [0.25, 0.3) is 0 Å². The Bertz CT molecular complexity index is 898. The summed E-state index contributed by atoms with van der Waals surface area (Å²) in [7, 11) is 0. The molecular formula is C17H13N3O. The smallest absolute Gasteiger partial charge is 0.235 e. The van der Waals surface area contributed by atoms with E-state index in [1.807, 2.05) is 24.4 Å². The van der Waals surface area contributed by atoms with Crippen molar-refractivity contribution in [3.8, 4) is 0 Å². The number of H-pyrrole nitrogens is 1. The van der Waals surface area contributed by atoms with Crippen LogP contribution < -0.4 is 5.32 Å². The van der Waals surface area contributed by atoms with E-state index in [2.05, 4.69) is 39.8 Å². The number of carbonyl (C=O) groups is 1. The van der Waals surface area contributed by atoms with Crippen molar-refractivity contribution in [1.82, 2.24) is 10.2 Å². The van der Waals surface area contributed by atoms with E-state index in [1.54, 1.807) is 0 Å². The third-order valence-electron chi connectivity index (χ3n) is 4.89. The van der Waals surface area contributed by atoms with Crippen molar-refractivity contribution in [2.24, 2.45) is 0 Å². The molecule has 1 fully saturated rings. The highest BCUT2D eigenvalue weighted by Crippen LogP contribution is 2.64. The fourth-order valence-electron chi connectivity index (χ4n) is 3.72. The first kappa shape index (κ1) is 11.1. The Balaban J connectivity index is 1.63. The number of aromatic amines is 1. The van der Waals surface area contributed by atoms with Gasteiger partial charge in [0, 0.05) is 17.0 Å². The van der Waals surface area contributed by atoms with Crippen molar-refractivity contribution in [2.75, 3.05) is 5.32 Å². The van der Waals surface area contributed by atoms with Crippen LogP contribution in [0.15, 0.2) is 48.7 Å². The van der Waals surface area contributed by atoms with Crippen molar-refractivity contribution < 1.29 is 4.79 Å². The molecule has 1 aliphatic heterocycles. The molecule has 2 aliphatic rings. The van der Waals surface area contributed by atoms with Gasteiger partial charge >= 0.3 is 0 Å². The van der Waals surface area contributed by atoms with E-state index in [0.29, 0.717) is 0 Å². The van der Waals surface area contributed by atoms with Gasteiger partial charge in [0.1, 0.15) is 0 Å². The summed E-state index contributed by atoms with van der Waals surface area (Å²) in [5.41, 5.74) is 3.99. The second kappa shape index (κ2) is 3.52. The number of hydrogen-bond donors (Lipinski definition) is 2. The molecule has 4 heteroatoms. The number of para-hydroxylation sites is 1. The summed E-state index contributed by atoms with van der Waals surface area (Å²) in [6.45, 7) is 0. The normalized spacial score (nSPS) is 26.1. The molecule has 0 radical (unpaired) electrons. The number of amides is 1. The fraction of sp³-hybridized carbons (Fsp3) is 0.176. The molecule has 0 bridgehead atoms. The zero-order valence-corrected chi connectivity index (χ0v) is 11.3. The number of rotatable bonds is 1. The monoisotopic (exact) mass is 275 g/mol. The van der Waals surface area contributed by atoms with Gasteiger partial charge < -0.3 is 5.32 Å². The van der Waals surface area contributed by atoms with Crippen molar-refractivity contribution in [3.63, 3.8) is 0 Å². The molecular weight excluding hydrogens is 262 g/mol. The van der Waals surface area contributed by atoms with Gasteiger partial charge in [-0.1, -0.05) is 30.3 Å². The van der Waals surface area contributed by atoms with E-state index in [4.69, 9.17) is 0 Å². The van der Waals surface area contributed by atoms with Gasteiger partial charge in [-0.3, -0.25) is 9.89 Å². The zero-order valence-electron chi connectivity index (χ0n) is 11.3. The Morgan fingerprint density at radius 2 is 2.10 bits per heavy atom. The van der Waals surface area contributed by atoms with Crippen molar-refractivity contribution >= 4 is 22.5 Å². The lowest BCUT2D eigenvalue weighted by Crippen LogP contribution is -2.20. The molecule has 0 saturated heterocycles. The number of hydrogen-bond acceptors (Lipinski definition) is 2. The maximum absolute atomic E-state index is 12.5. The summed E-state index contributed by atoms with van der Waals surface area (Å²) in [6, 6.07) is 14.3. The van der Waals surface area contributed by atoms with Gasteiger partial charge in [-0.15, -0.1) is 0 Å². The van der Waals surface area contributed by atoms with Gasteiger partial charge in [-0.05, 0) is 29.7 Å². The van der Waals surface area contributed by atoms with Crippen LogP contribution in [-0.2, 0) is 10.2 Å². The van der Waals surface area contributed by atoms with E-state index in [0.717, 1.165) is 28.6 Å². The second-order valence-corrected chi connectivity index (χ2v) is 5.94. The highest BCUT2D eigenvalue weighted by molar-refractivity contribution is 6.09. The van der Waals surface area contributed by atoms with Crippen LogP contribution in [0, 0.1) is 0 Å². The molecule has 1 amide bonds. The van der Waals surface area contributed by atoms with Crippen LogP contribution >= 0.6 is 0 Å². The Morgan fingerprint density at radius 3 is 3.05 bits per heavy atom. The first-order chi connectivity index (χ1) is 10.3. The minimum Gasteiger partial charge on any atom is -0.325 e. The minimum absolute atomic E-state index is 0.137. The van der Waals surface area contributed by atoms with Gasteiger partial charge in [0.05, 0.1) is 17.1 Å². The number of benzene rings is 2. The summed E-state index contributed by atoms with van der Waals surface area (Å²) in [5, 5.41) is 11.2. The first-order valence-corrected chi connectivity index (χ1v) is 7.13. The highest BCUT2D eigenvalue weighted by atomic mass is 16.2. The standard InChI is InChI=1S/C17H13N3O/c21-16-17(12-3-1-2-4-14(12)19-16)8-13(17)10-5-6-11-9-18-20-15(11)7-10/h1-7,9,13H,8H2,(H,18,20)(H,19,21)/t13-,17?/m0/s1. The maximum Gasteiger partial charge on any atom is 0.235 e. The maximum atomic E-state index is 12.5. The topological polar surface area (TPSA) is 57.8 Å². The van der Waals surface area contributed by atoms with Crippen LogP contribution in [0.25, 0.3) is 10.9 Å². The summed E-state index contributed by atoms with van der Waals surface area (Å²) in [6.07, 6.45) is 2.70. The molecule has 2 N–H and O–H groups in total. The number of nitrogens with one attached hydrogen (secondary N) is 2. The van der Waals surface area contributed by atoms with Gasteiger partial charge in [-0.2, -0.15) is 5.10 Å². The fourth-order valence-corrected chi connectivity index (χ4v) is 3.72. The number of anilines is 1. The second-order valence-electron chi connectivity index (χ2n) is 5.94. The number of aromatic nitrogens is 2. The molecule has 3 aromatic rings. The van der Waals surface area contributed by atoms with Crippen LogP contribution in [-0.4, -0.2) is 16.1 Å². The summed E-state index contributed by atoms with van der Waals surface area (Å²) in [4.78, 5) is 12.5. The summed E-state index contributed by atoms with van der Waals surface area (Å²) < 4.78 is 0. The molecule has 1 spiro atoms. The molecule has 21 heavy (non-hydrogen) atoms. The van der Waals surface area contributed by atoms with E-state index in [-0.39, 0.29) is 17.2 Å². The summed E-state index contributed by atoms with van der Waals surface area (Å²) in [5.74, 6) is 0.396. The van der Waals surface area contributed by atoms with Crippen molar-refractivity contribution in [1.29, 1.82) is 0 Å². The lowest BCUT2D eigenvalue weighted by molar-refractivity contribution is -0.118. The summed E-state index contributed by atoms with van der Waals surface area (Å²) >= 11 is 0. The molecule has 2 heterocycles. The van der Waals surface area contributed by atoms with E-state index >= 15 is 0 Å². The lowest BCUT2D eigenvalue weighted by atomic mass is 9.92. The van der Waals surface area contributed by atoms with E-state index < -0.39 is 0 Å². The van der Waals surface area contributed by atoms with Gasteiger partial charge in [-0.25, -0.2) is 0 Å². The molecule has 1 aliphatic carbocycles. The average molecular weight is 275 g/mol. The third kappa shape index (κ3) is 1.29. The van der Waals surface area contributed by atoms with E-state index in [1.165, 1.54) is 5.56 Å². The highest BCUT2D eigenvalue weighted by Gasteiger charge is 2.64. The Morgan fingerprint density at radius 1 is 1.19 bits per heavy atom. The number of fused-ring (bicyclic) bond motifs is 3. The zero-order chi connectivity index (χ0) is 14.0. The molecule has 2 aromatic carbocycles. The van der Waals surface area contributed by atoms with Crippen LogP contribution in [0.5, 0.6) is 0 Å². The molecule has 1 unspecified atom stereocenters.